The highest BCUT2D eigenvalue weighted by Crippen LogP contribution is 2.14. The van der Waals surface area contributed by atoms with Crippen LogP contribution in [0.2, 0.25) is 0 Å². The number of carbonyl (C=O) groups excluding carboxylic acids is 1. The highest BCUT2D eigenvalue weighted by atomic mass is 32.1. The van der Waals surface area contributed by atoms with Crippen LogP contribution < -0.4 is 5.73 Å². The maximum atomic E-state index is 12.3. The summed E-state index contributed by atoms with van der Waals surface area (Å²) in [7, 11) is 0. The molecule has 92 valence electrons. The second-order valence-corrected chi connectivity index (χ2v) is 4.56. The molecule has 2 N–H and O–H groups in total. The molecule has 1 amide bonds. The second-order valence-electron chi connectivity index (χ2n) is 4.03. The molecule has 0 unspecified atom stereocenters. The van der Waals surface area contributed by atoms with Gasteiger partial charge in [-0.1, -0.05) is 24.4 Å². The van der Waals surface area contributed by atoms with Crippen LogP contribution >= 0.6 is 12.2 Å². The van der Waals surface area contributed by atoms with E-state index in [1.807, 2.05) is 39.0 Å². The lowest BCUT2D eigenvalue weighted by atomic mass is 10.0. The number of hydrogen-bond acceptors (Lipinski definition) is 2. The average Bonchev–Trinajstić information content (AvgIpc) is 2.28. The van der Waals surface area contributed by atoms with E-state index in [1.54, 1.807) is 4.90 Å². The van der Waals surface area contributed by atoms with Gasteiger partial charge in [-0.2, -0.15) is 0 Å². The highest BCUT2D eigenvalue weighted by molar-refractivity contribution is 7.80. The zero-order chi connectivity index (χ0) is 13.0. The van der Waals surface area contributed by atoms with Crippen molar-refractivity contribution in [1.82, 2.24) is 4.90 Å². The Morgan fingerprint density at radius 1 is 1.41 bits per heavy atom. The van der Waals surface area contributed by atoms with Gasteiger partial charge in [0.2, 0.25) is 0 Å². The van der Waals surface area contributed by atoms with E-state index in [2.05, 4.69) is 0 Å². The molecule has 0 aromatic heterocycles. The van der Waals surface area contributed by atoms with E-state index < -0.39 is 0 Å². The average molecular weight is 250 g/mol. The summed E-state index contributed by atoms with van der Waals surface area (Å²) in [6.07, 6.45) is 0. The number of nitrogens with zero attached hydrogens (tertiary/aromatic N) is 1. The van der Waals surface area contributed by atoms with Crippen molar-refractivity contribution in [2.45, 2.75) is 20.8 Å². The van der Waals surface area contributed by atoms with Crippen molar-refractivity contribution < 1.29 is 4.79 Å². The molecule has 1 aromatic carbocycles. The molecule has 17 heavy (non-hydrogen) atoms. The summed E-state index contributed by atoms with van der Waals surface area (Å²) in [6.45, 7) is 6.80. The fourth-order valence-electron chi connectivity index (χ4n) is 1.67. The lowest BCUT2D eigenvalue weighted by Crippen LogP contribution is -2.37. The number of benzene rings is 1. The predicted octanol–water partition coefficient (Wildman–Crippen LogP) is 2.05. The molecule has 0 radical (unpaired) electrons. The number of hydrogen-bond donors (Lipinski definition) is 1. The van der Waals surface area contributed by atoms with Gasteiger partial charge in [-0.05, 0) is 38.0 Å². The Morgan fingerprint density at radius 3 is 2.59 bits per heavy atom. The number of aryl methyl sites for hydroxylation is 1. The molecule has 0 saturated heterocycles. The smallest absolute Gasteiger partial charge is 0.254 e. The molecule has 1 rings (SSSR count). The Balaban J connectivity index is 3.02. The number of thiocarbonyl (C=S) groups is 1. The first-order chi connectivity index (χ1) is 7.97. The van der Waals surface area contributed by atoms with Gasteiger partial charge < -0.3 is 10.6 Å². The monoisotopic (exact) mass is 250 g/mol. The minimum atomic E-state index is -0.0125. The zero-order valence-electron chi connectivity index (χ0n) is 10.5. The van der Waals surface area contributed by atoms with Gasteiger partial charge >= 0.3 is 0 Å². The largest absolute Gasteiger partial charge is 0.392 e. The van der Waals surface area contributed by atoms with Gasteiger partial charge in [0.05, 0.1) is 11.5 Å². The molecule has 0 fully saturated rings. The van der Waals surface area contributed by atoms with Crippen LogP contribution in [0.1, 0.15) is 28.4 Å². The fraction of sp³-hybridized carbons (Fsp3) is 0.385. The van der Waals surface area contributed by atoms with Crippen molar-refractivity contribution in [3.05, 3.63) is 34.9 Å². The molecule has 4 heteroatoms. The molecule has 0 spiro atoms. The minimum Gasteiger partial charge on any atom is -0.392 e. The molecule has 3 nitrogen and oxygen atoms in total. The van der Waals surface area contributed by atoms with Crippen LogP contribution in [0.15, 0.2) is 18.2 Å². The lowest BCUT2D eigenvalue weighted by Gasteiger charge is -2.21. The second kappa shape index (κ2) is 5.77. The van der Waals surface area contributed by atoms with Crippen molar-refractivity contribution in [1.29, 1.82) is 0 Å². The molecular weight excluding hydrogens is 232 g/mol. The topological polar surface area (TPSA) is 46.3 Å². The van der Waals surface area contributed by atoms with Gasteiger partial charge in [0.15, 0.2) is 0 Å². The Bertz CT molecular complexity index is 443. The molecule has 0 heterocycles. The third-order valence-corrected chi connectivity index (χ3v) is 2.98. The number of likely N-dealkylation sites (N-methyl/N-ethyl adjacent to an activating group) is 1. The van der Waals surface area contributed by atoms with Crippen LogP contribution in [0.25, 0.3) is 0 Å². The highest BCUT2D eigenvalue weighted by Gasteiger charge is 2.17. The lowest BCUT2D eigenvalue weighted by molar-refractivity contribution is 0.0787. The number of rotatable bonds is 4. The summed E-state index contributed by atoms with van der Waals surface area (Å²) < 4.78 is 0. The van der Waals surface area contributed by atoms with Crippen LogP contribution in [-0.2, 0) is 0 Å². The molecule has 0 aliphatic rings. The summed E-state index contributed by atoms with van der Waals surface area (Å²) in [5, 5.41) is 0. The first-order valence-corrected chi connectivity index (χ1v) is 6.02. The van der Waals surface area contributed by atoms with Crippen molar-refractivity contribution in [2.75, 3.05) is 13.1 Å². The summed E-state index contributed by atoms with van der Waals surface area (Å²) in [4.78, 5) is 14.3. The Kier molecular flexibility index (Phi) is 4.63. The molecule has 0 aliphatic carbocycles. The van der Waals surface area contributed by atoms with E-state index in [0.717, 1.165) is 16.7 Å². The van der Waals surface area contributed by atoms with Crippen molar-refractivity contribution in [3.8, 4) is 0 Å². The van der Waals surface area contributed by atoms with Crippen molar-refractivity contribution >= 4 is 23.1 Å². The fourth-order valence-corrected chi connectivity index (χ4v) is 1.82. The third kappa shape index (κ3) is 3.27. The molecular formula is C13H18N2OS. The van der Waals surface area contributed by atoms with Gasteiger partial charge in [-0.3, -0.25) is 4.79 Å². The quantitative estimate of drug-likeness (QED) is 0.832. The first kappa shape index (κ1) is 13.6. The van der Waals surface area contributed by atoms with Gasteiger partial charge in [0, 0.05) is 12.1 Å². The van der Waals surface area contributed by atoms with Crippen LogP contribution in [0.3, 0.4) is 0 Å². The number of nitrogens with two attached hydrogens (primary N) is 1. The molecule has 0 aliphatic heterocycles. The van der Waals surface area contributed by atoms with E-state index in [4.69, 9.17) is 18.0 Å². The third-order valence-electron chi connectivity index (χ3n) is 2.85. The van der Waals surface area contributed by atoms with Crippen LogP contribution in [-0.4, -0.2) is 28.9 Å². The van der Waals surface area contributed by atoms with E-state index in [0.29, 0.717) is 18.1 Å². The number of carbonyl (C=O) groups is 1. The maximum Gasteiger partial charge on any atom is 0.254 e. The Morgan fingerprint density at radius 2 is 2.06 bits per heavy atom. The Labute approximate surface area is 108 Å². The summed E-state index contributed by atoms with van der Waals surface area (Å²) in [6, 6.07) is 5.73. The van der Waals surface area contributed by atoms with E-state index in [9.17, 15) is 4.79 Å². The van der Waals surface area contributed by atoms with Gasteiger partial charge in [-0.25, -0.2) is 0 Å². The van der Waals surface area contributed by atoms with E-state index in [1.165, 1.54) is 0 Å². The van der Waals surface area contributed by atoms with Gasteiger partial charge in [0.1, 0.15) is 0 Å². The van der Waals surface area contributed by atoms with E-state index >= 15 is 0 Å². The minimum absolute atomic E-state index is 0.0125. The molecule has 0 bridgehead atoms. The van der Waals surface area contributed by atoms with Crippen LogP contribution in [0, 0.1) is 13.8 Å². The normalized spacial score (nSPS) is 10.1. The van der Waals surface area contributed by atoms with Crippen molar-refractivity contribution in [3.63, 3.8) is 0 Å². The number of amides is 1. The summed E-state index contributed by atoms with van der Waals surface area (Å²) in [5.74, 6) is -0.0125. The zero-order valence-corrected chi connectivity index (χ0v) is 11.3. The van der Waals surface area contributed by atoms with Crippen LogP contribution in [0.5, 0.6) is 0 Å². The molecule has 0 atom stereocenters. The van der Waals surface area contributed by atoms with E-state index in [-0.39, 0.29) is 5.91 Å². The first-order valence-electron chi connectivity index (χ1n) is 5.61. The molecule has 0 saturated carbocycles. The Hall–Kier alpha value is -1.42. The summed E-state index contributed by atoms with van der Waals surface area (Å²) >= 11 is 4.85. The van der Waals surface area contributed by atoms with Crippen molar-refractivity contribution in [2.24, 2.45) is 5.73 Å². The molecule has 1 aromatic rings. The summed E-state index contributed by atoms with van der Waals surface area (Å²) in [5.41, 5.74) is 8.34. The van der Waals surface area contributed by atoms with Crippen LogP contribution in [0.4, 0.5) is 0 Å². The predicted molar refractivity (Wildman–Crippen MR) is 74.3 cm³/mol. The standard InChI is InChI=1S/C13H18N2OS/c1-4-15(8-12(14)17)13(16)11-7-5-6-9(2)10(11)3/h5-7H,4,8H2,1-3H3,(H2,14,17). The van der Waals surface area contributed by atoms with Gasteiger partial charge in [0.25, 0.3) is 5.91 Å². The maximum absolute atomic E-state index is 12.3. The van der Waals surface area contributed by atoms with Gasteiger partial charge in [-0.15, -0.1) is 0 Å². The SMILES string of the molecule is CCN(CC(N)=S)C(=O)c1cccc(C)c1C.